The van der Waals surface area contributed by atoms with Crippen molar-refractivity contribution in [3.63, 3.8) is 0 Å². The number of benzene rings is 3. The lowest BCUT2D eigenvalue weighted by molar-refractivity contribution is -0.274. The standard InChI is InChI=1S/C23H19F3O/c1-3-5-6-16-7-9-17(10-8-16)18-11-13-21-19(15-18)12-14-22(20(21)4-2)27-23(24,25)26/h2,7-15H,3,5-6H2,1H3. The van der Waals surface area contributed by atoms with E-state index in [1.807, 2.05) is 12.1 Å². The summed E-state index contributed by atoms with van der Waals surface area (Å²) in [6.07, 6.45) is 4.04. The summed E-state index contributed by atoms with van der Waals surface area (Å²) in [5.41, 5.74) is 3.43. The van der Waals surface area contributed by atoms with Gasteiger partial charge in [0.05, 0.1) is 5.56 Å². The first-order valence-corrected chi connectivity index (χ1v) is 8.79. The van der Waals surface area contributed by atoms with Crippen LogP contribution in [-0.4, -0.2) is 6.36 Å². The Morgan fingerprint density at radius 1 is 0.963 bits per heavy atom. The smallest absolute Gasteiger partial charge is 0.404 e. The number of rotatable bonds is 5. The van der Waals surface area contributed by atoms with Gasteiger partial charge in [0.2, 0.25) is 0 Å². The molecule has 0 saturated heterocycles. The molecule has 1 nitrogen and oxygen atoms in total. The van der Waals surface area contributed by atoms with Gasteiger partial charge in [0, 0.05) is 5.39 Å². The largest absolute Gasteiger partial charge is 0.573 e. The Morgan fingerprint density at radius 3 is 2.30 bits per heavy atom. The fraction of sp³-hybridized carbons (Fsp3) is 0.217. The predicted octanol–water partition coefficient (Wildman–Crippen LogP) is 6.73. The predicted molar refractivity (Wildman–Crippen MR) is 103 cm³/mol. The van der Waals surface area contributed by atoms with Crippen LogP contribution in [0, 0.1) is 12.3 Å². The summed E-state index contributed by atoms with van der Waals surface area (Å²) in [6, 6.07) is 16.7. The number of halogens is 3. The molecule has 0 heterocycles. The van der Waals surface area contributed by atoms with E-state index in [0.717, 1.165) is 35.8 Å². The van der Waals surface area contributed by atoms with E-state index in [4.69, 9.17) is 6.42 Å². The number of aryl methyl sites for hydroxylation is 1. The van der Waals surface area contributed by atoms with E-state index in [1.54, 1.807) is 12.1 Å². The lowest BCUT2D eigenvalue weighted by Crippen LogP contribution is -2.17. The van der Waals surface area contributed by atoms with Crippen molar-refractivity contribution in [3.05, 3.63) is 65.7 Å². The Balaban J connectivity index is 1.96. The van der Waals surface area contributed by atoms with Crippen molar-refractivity contribution in [2.24, 2.45) is 0 Å². The lowest BCUT2D eigenvalue weighted by Gasteiger charge is -2.13. The SMILES string of the molecule is C#Cc1c(OC(F)(F)F)ccc2cc(-c3ccc(CCCC)cc3)ccc12. The van der Waals surface area contributed by atoms with Crippen LogP contribution >= 0.6 is 0 Å². The van der Waals surface area contributed by atoms with E-state index >= 15 is 0 Å². The molecule has 4 heteroatoms. The summed E-state index contributed by atoms with van der Waals surface area (Å²) in [5.74, 6) is 1.97. The Morgan fingerprint density at radius 2 is 1.67 bits per heavy atom. The first-order valence-electron chi connectivity index (χ1n) is 8.79. The van der Waals surface area contributed by atoms with E-state index < -0.39 is 6.36 Å². The van der Waals surface area contributed by atoms with E-state index in [9.17, 15) is 13.2 Å². The summed E-state index contributed by atoms with van der Waals surface area (Å²) < 4.78 is 41.7. The maximum absolute atomic E-state index is 12.6. The molecule has 0 amide bonds. The van der Waals surface area contributed by atoms with Gasteiger partial charge in [0.15, 0.2) is 0 Å². The molecule has 0 atom stereocenters. The van der Waals surface area contributed by atoms with Crippen molar-refractivity contribution >= 4 is 10.8 Å². The Labute approximate surface area is 156 Å². The minimum Gasteiger partial charge on any atom is -0.404 e. The van der Waals surface area contributed by atoms with Crippen molar-refractivity contribution < 1.29 is 17.9 Å². The summed E-state index contributed by atoms with van der Waals surface area (Å²) in [4.78, 5) is 0. The third-order valence-electron chi connectivity index (χ3n) is 4.46. The molecule has 0 aliphatic heterocycles. The maximum Gasteiger partial charge on any atom is 0.573 e. The second-order valence-corrected chi connectivity index (χ2v) is 6.37. The van der Waals surface area contributed by atoms with Crippen LogP contribution in [0.4, 0.5) is 13.2 Å². The minimum atomic E-state index is -4.78. The fourth-order valence-corrected chi connectivity index (χ4v) is 3.09. The van der Waals surface area contributed by atoms with Crippen LogP contribution in [0.5, 0.6) is 5.75 Å². The van der Waals surface area contributed by atoms with E-state index in [2.05, 4.69) is 41.8 Å². The van der Waals surface area contributed by atoms with Crippen LogP contribution in [0.3, 0.4) is 0 Å². The highest BCUT2D eigenvalue weighted by Crippen LogP contribution is 2.33. The van der Waals surface area contributed by atoms with Gasteiger partial charge in [-0.25, -0.2) is 0 Å². The molecule has 27 heavy (non-hydrogen) atoms. The summed E-state index contributed by atoms with van der Waals surface area (Å²) >= 11 is 0. The summed E-state index contributed by atoms with van der Waals surface area (Å²) in [5, 5.41) is 1.33. The molecule has 138 valence electrons. The molecule has 0 aromatic heterocycles. The minimum absolute atomic E-state index is 0.103. The van der Waals surface area contributed by atoms with Crippen LogP contribution in [-0.2, 0) is 6.42 Å². The molecule has 3 rings (SSSR count). The highest BCUT2D eigenvalue weighted by atomic mass is 19.4. The number of hydrogen-bond acceptors (Lipinski definition) is 1. The highest BCUT2D eigenvalue weighted by Gasteiger charge is 2.32. The molecule has 3 aromatic rings. The topological polar surface area (TPSA) is 9.23 Å². The van der Waals surface area contributed by atoms with Gasteiger partial charge < -0.3 is 4.74 Å². The second kappa shape index (κ2) is 7.75. The molecular weight excluding hydrogens is 349 g/mol. The molecule has 0 aliphatic rings. The number of ether oxygens (including phenoxy) is 1. The van der Waals surface area contributed by atoms with Gasteiger partial charge >= 0.3 is 6.36 Å². The fourth-order valence-electron chi connectivity index (χ4n) is 3.09. The molecule has 0 spiro atoms. The zero-order valence-electron chi connectivity index (χ0n) is 14.9. The zero-order chi connectivity index (χ0) is 19.4. The Hall–Kier alpha value is -2.93. The number of terminal acetylenes is 1. The highest BCUT2D eigenvalue weighted by molar-refractivity contribution is 5.93. The van der Waals surface area contributed by atoms with Gasteiger partial charge in [-0.2, -0.15) is 0 Å². The van der Waals surface area contributed by atoms with Gasteiger partial charge in [-0.1, -0.05) is 61.7 Å². The van der Waals surface area contributed by atoms with Crippen molar-refractivity contribution in [3.8, 4) is 29.2 Å². The summed E-state index contributed by atoms with van der Waals surface area (Å²) in [7, 11) is 0. The van der Waals surface area contributed by atoms with Crippen LogP contribution in [0.15, 0.2) is 54.6 Å². The van der Waals surface area contributed by atoms with Crippen LogP contribution in [0.1, 0.15) is 30.9 Å². The van der Waals surface area contributed by atoms with Gasteiger partial charge in [-0.05, 0) is 47.1 Å². The third-order valence-corrected chi connectivity index (χ3v) is 4.46. The van der Waals surface area contributed by atoms with E-state index in [1.165, 1.54) is 11.6 Å². The molecule has 0 radical (unpaired) electrons. The Bertz CT molecular complexity index is 979. The molecular formula is C23H19F3O. The van der Waals surface area contributed by atoms with Gasteiger partial charge in [0.25, 0.3) is 0 Å². The van der Waals surface area contributed by atoms with Crippen molar-refractivity contribution in [1.29, 1.82) is 0 Å². The Kier molecular flexibility index (Phi) is 5.41. The molecule has 0 N–H and O–H groups in total. The number of fused-ring (bicyclic) bond motifs is 1. The summed E-state index contributed by atoms with van der Waals surface area (Å²) in [6.45, 7) is 2.17. The molecule has 0 fully saturated rings. The number of hydrogen-bond donors (Lipinski definition) is 0. The normalized spacial score (nSPS) is 11.4. The van der Waals surface area contributed by atoms with Crippen molar-refractivity contribution in [1.82, 2.24) is 0 Å². The van der Waals surface area contributed by atoms with Crippen molar-refractivity contribution in [2.75, 3.05) is 0 Å². The van der Waals surface area contributed by atoms with E-state index in [-0.39, 0.29) is 11.3 Å². The average Bonchev–Trinajstić information content (AvgIpc) is 2.65. The number of alkyl halides is 3. The van der Waals surface area contributed by atoms with Crippen LogP contribution in [0.25, 0.3) is 21.9 Å². The average molecular weight is 368 g/mol. The van der Waals surface area contributed by atoms with E-state index in [0.29, 0.717) is 5.39 Å². The molecule has 0 bridgehead atoms. The van der Waals surface area contributed by atoms with Gasteiger partial charge in [0.1, 0.15) is 5.75 Å². The van der Waals surface area contributed by atoms with Gasteiger partial charge in [-0.15, -0.1) is 19.6 Å². The number of unbranched alkanes of at least 4 members (excludes halogenated alkanes) is 1. The molecule has 0 saturated carbocycles. The second-order valence-electron chi connectivity index (χ2n) is 6.37. The third kappa shape index (κ3) is 4.43. The first kappa shape index (κ1) is 18.8. The zero-order valence-corrected chi connectivity index (χ0v) is 14.9. The lowest BCUT2D eigenvalue weighted by atomic mass is 9.97. The maximum atomic E-state index is 12.6. The molecule has 3 aromatic carbocycles. The molecule has 0 aliphatic carbocycles. The van der Waals surface area contributed by atoms with Crippen LogP contribution < -0.4 is 4.74 Å². The first-order chi connectivity index (χ1) is 12.9. The monoisotopic (exact) mass is 368 g/mol. The van der Waals surface area contributed by atoms with Gasteiger partial charge in [-0.3, -0.25) is 0 Å². The molecule has 0 unspecified atom stereocenters. The van der Waals surface area contributed by atoms with Crippen molar-refractivity contribution in [2.45, 2.75) is 32.5 Å². The van der Waals surface area contributed by atoms with Crippen LogP contribution in [0.2, 0.25) is 0 Å². The quantitative estimate of drug-likeness (QED) is 0.454.